The second-order valence-electron chi connectivity index (χ2n) is 6.89. The molecule has 0 saturated heterocycles. The van der Waals surface area contributed by atoms with Gasteiger partial charge >= 0.3 is 0 Å². The van der Waals surface area contributed by atoms with E-state index in [1.54, 1.807) is 86.6 Å². The van der Waals surface area contributed by atoms with Crippen molar-refractivity contribution in [3.05, 3.63) is 102 Å². The summed E-state index contributed by atoms with van der Waals surface area (Å²) in [5, 5.41) is 0. The Kier molecular flexibility index (Phi) is 6.82. The molecule has 0 aliphatic carbocycles. The minimum atomic E-state index is -4.16. The standard InChI is InChI=1S/C24H24O5S/c1-3-28-24(2,22(25)19-13-7-4-8-14-19)23(20-15-9-5-10-16-20)29-30(26,27)21-17-11-6-12-18-21/h4-18,23H,3H2,1-2H3. The quantitative estimate of drug-likeness (QED) is 0.364. The first kappa shape index (κ1) is 21.9. The molecule has 156 valence electrons. The highest BCUT2D eigenvalue weighted by Crippen LogP contribution is 2.38. The molecule has 0 fully saturated rings. The maximum absolute atomic E-state index is 13.5. The van der Waals surface area contributed by atoms with Gasteiger partial charge in [0.15, 0.2) is 11.4 Å². The SMILES string of the molecule is CCOC(C)(C(=O)c1ccccc1)C(OS(=O)(=O)c1ccccc1)c1ccccc1. The van der Waals surface area contributed by atoms with Gasteiger partial charge in [-0.1, -0.05) is 78.9 Å². The van der Waals surface area contributed by atoms with Crippen molar-refractivity contribution >= 4 is 15.9 Å². The topological polar surface area (TPSA) is 69.7 Å². The van der Waals surface area contributed by atoms with Crippen molar-refractivity contribution in [2.45, 2.75) is 30.4 Å². The van der Waals surface area contributed by atoms with Crippen molar-refractivity contribution in [3.8, 4) is 0 Å². The zero-order valence-electron chi connectivity index (χ0n) is 16.9. The van der Waals surface area contributed by atoms with Gasteiger partial charge in [0.05, 0.1) is 4.90 Å². The van der Waals surface area contributed by atoms with Crippen LogP contribution in [0.1, 0.15) is 35.9 Å². The number of hydrogen-bond donors (Lipinski definition) is 0. The van der Waals surface area contributed by atoms with E-state index < -0.39 is 21.8 Å². The predicted molar refractivity (Wildman–Crippen MR) is 115 cm³/mol. The van der Waals surface area contributed by atoms with Gasteiger partial charge in [0.1, 0.15) is 6.10 Å². The van der Waals surface area contributed by atoms with E-state index >= 15 is 0 Å². The molecule has 0 heterocycles. The lowest BCUT2D eigenvalue weighted by Crippen LogP contribution is -2.46. The van der Waals surface area contributed by atoms with Crippen molar-refractivity contribution in [1.29, 1.82) is 0 Å². The third-order valence-electron chi connectivity index (χ3n) is 4.79. The number of ketones is 1. The van der Waals surface area contributed by atoms with Gasteiger partial charge in [0.25, 0.3) is 10.1 Å². The number of ether oxygens (including phenoxy) is 1. The molecule has 5 nitrogen and oxygen atoms in total. The zero-order chi connectivity index (χ0) is 21.6. The van der Waals surface area contributed by atoms with Crippen molar-refractivity contribution in [2.24, 2.45) is 0 Å². The van der Waals surface area contributed by atoms with E-state index in [1.165, 1.54) is 12.1 Å². The second kappa shape index (κ2) is 9.34. The average molecular weight is 425 g/mol. The fourth-order valence-corrected chi connectivity index (χ4v) is 4.45. The van der Waals surface area contributed by atoms with Crippen molar-refractivity contribution in [2.75, 3.05) is 6.61 Å². The van der Waals surface area contributed by atoms with Gasteiger partial charge in [-0.25, -0.2) is 0 Å². The van der Waals surface area contributed by atoms with Crippen LogP contribution in [0.15, 0.2) is 95.9 Å². The summed E-state index contributed by atoms with van der Waals surface area (Å²) in [5.74, 6) is -0.359. The normalized spacial score (nSPS) is 14.6. The van der Waals surface area contributed by atoms with Crippen LogP contribution in [0.3, 0.4) is 0 Å². The molecule has 3 aromatic carbocycles. The molecule has 6 heteroatoms. The Morgan fingerprint density at radius 3 is 1.90 bits per heavy atom. The molecule has 0 aromatic heterocycles. The molecule has 3 aromatic rings. The molecule has 0 N–H and O–H groups in total. The maximum Gasteiger partial charge on any atom is 0.297 e. The van der Waals surface area contributed by atoms with Crippen molar-refractivity contribution < 1.29 is 22.1 Å². The molecular weight excluding hydrogens is 400 g/mol. The molecule has 0 spiro atoms. The van der Waals surface area contributed by atoms with Gasteiger partial charge in [0.2, 0.25) is 0 Å². The Bertz CT molecular complexity index is 1070. The number of carbonyl (C=O) groups is 1. The maximum atomic E-state index is 13.5. The Morgan fingerprint density at radius 2 is 1.37 bits per heavy atom. The van der Waals surface area contributed by atoms with Crippen LogP contribution in [0.25, 0.3) is 0 Å². The van der Waals surface area contributed by atoms with Crippen LogP contribution in [0, 0.1) is 0 Å². The third kappa shape index (κ3) is 4.67. The summed E-state index contributed by atoms with van der Waals surface area (Å²) >= 11 is 0. The fraction of sp³-hybridized carbons (Fsp3) is 0.208. The molecule has 0 bridgehead atoms. The lowest BCUT2D eigenvalue weighted by atomic mass is 9.85. The minimum Gasteiger partial charge on any atom is -0.364 e. The van der Waals surface area contributed by atoms with Crippen LogP contribution in [0.5, 0.6) is 0 Å². The Hall–Kier alpha value is -2.80. The molecule has 0 saturated carbocycles. The average Bonchev–Trinajstić information content (AvgIpc) is 2.79. The summed E-state index contributed by atoms with van der Waals surface area (Å²) in [4.78, 5) is 13.5. The number of benzene rings is 3. The van der Waals surface area contributed by atoms with E-state index in [-0.39, 0.29) is 17.3 Å². The Labute approximate surface area is 177 Å². The molecule has 2 unspecified atom stereocenters. The van der Waals surface area contributed by atoms with Crippen LogP contribution in [-0.4, -0.2) is 26.4 Å². The highest BCUT2D eigenvalue weighted by Gasteiger charge is 2.46. The van der Waals surface area contributed by atoms with Gasteiger partial charge in [-0.05, 0) is 31.5 Å². The van der Waals surface area contributed by atoms with E-state index in [4.69, 9.17) is 8.92 Å². The molecule has 30 heavy (non-hydrogen) atoms. The largest absolute Gasteiger partial charge is 0.364 e. The highest BCUT2D eigenvalue weighted by atomic mass is 32.2. The smallest absolute Gasteiger partial charge is 0.297 e. The lowest BCUT2D eigenvalue weighted by Gasteiger charge is -2.35. The summed E-state index contributed by atoms with van der Waals surface area (Å²) in [6, 6.07) is 25.3. The van der Waals surface area contributed by atoms with Gasteiger partial charge in [-0.15, -0.1) is 0 Å². The fourth-order valence-electron chi connectivity index (χ4n) is 3.30. The Balaban J connectivity index is 2.11. The third-order valence-corrected chi connectivity index (χ3v) is 6.08. The molecule has 3 rings (SSSR count). The van der Waals surface area contributed by atoms with E-state index in [2.05, 4.69) is 0 Å². The monoisotopic (exact) mass is 424 g/mol. The van der Waals surface area contributed by atoms with Gasteiger partial charge < -0.3 is 4.74 Å². The summed E-state index contributed by atoms with van der Waals surface area (Å²) in [6.45, 7) is 3.53. The summed E-state index contributed by atoms with van der Waals surface area (Å²) in [6.07, 6.45) is -1.18. The second-order valence-corrected chi connectivity index (χ2v) is 8.46. The zero-order valence-corrected chi connectivity index (χ0v) is 17.7. The van der Waals surface area contributed by atoms with E-state index in [0.717, 1.165) is 0 Å². The molecule has 0 aliphatic heterocycles. The molecular formula is C24H24O5S. The van der Waals surface area contributed by atoms with Crippen molar-refractivity contribution in [1.82, 2.24) is 0 Å². The highest BCUT2D eigenvalue weighted by molar-refractivity contribution is 7.86. The van der Waals surface area contributed by atoms with Gasteiger partial charge in [-0.3, -0.25) is 8.98 Å². The van der Waals surface area contributed by atoms with Crippen LogP contribution in [-0.2, 0) is 19.0 Å². The summed E-state index contributed by atoms with van der Waals surface area (Å²) in [5.41, 5.74) is -0.633. The van der Waals surface area contributed by atoms with Gasteiger partial charge in [0, 0.05) is 12.2 Å². The minimum absolute atomic E-state index is 0.0111. The first-order chi connectivity index (χ1) is 14.4. The number of rotatable bonds is 9. The van der Waals surface area contributed by atoms with E-state index in [9.17, 15) is 13.2 Å². The molecule has 0 aliphatic rings. The Morgan fingerprint density at radius 1 is 0.867 bits per heavy atom. The van der Waals surface area contributed by atoms with E-state index in [0.29, 0.717) is 11.1 Å². The van der Waals surface area contributed by atoms with Crippen LogP contribution in [0.2, 0.25) is 0 Å². The number of Topliss-reactive ketones (excluding diaryl/α,β-unsaturated/α-hetero) is 1. The van der Waals surface area contributed by atoms with Crippen molar-refractivity contribution in [3.63, 3.8) is 0 Å². The first-order valence-electron chi connectivity index (χ1n) is 9.65. The summed E-state index contributed by atoms with van der Waals surface area (Å²) in [7, 11) is -4.16. The van der Waals surface area contributed by atoms with E-state index in [1.807, 2.05) is 6.07 Å². The van der Waals surface area contributed by atoms with Crippen LogP contribution in [0.4, 0.5) is 0 Å². The van der Waals surface area contributed by atoms with Crippen LogP contribution < -0.4 is 0 Å². The van der Waals surface area contributed by atoms with Crippen LogP contribution >= 0.6 is 0 Å². The van der Waals surface area contributed by atoms with Gasteiger partial charge in [-0.2, -0.15) is 8.42 Å². The molecule has 0 radical (unpaired) electrons. The summed E-state index contributed by atoms with van der Waals surface area (Å²) < 4.78 is 37.7. The number of hydrogen-bond acceptors (Lipinski definition) is 5. The predicted octanol–water partition coefficient (Wildman–Crippen LogP) is 4.81. The first-order valence-corrected chi connectivity index (χ1v) is 11.1. The number of carbonyl (C=O) groups excluding carboxylic acids is 1. The lowest BCUT2D eigenvalue weighted by molar-refractivity contribution is -0.0725. The molecule has 2 atom stereocenters. The molecule has 0 amide bonds.